The van der Waals surface area contributed by atoms with Gasteiger partial charge in [0.25, 0.3) is 0 Å². The first kappa shape index (κ1) is 14.2. The summed E-state index contributed by atoms with van der Waals surface area (Å²) in [5, 5.41) is 13.8. The Morgan fingerprint density at radius 3 is 2.41 bits per heavy atom. The Kier molecular flexibility index (Phi) is 4.72. The molecule has 1 aromatic rings. The maximum atomic E-state index is 10.5. The number of nitrogens with one attached hydrogen (secondary N) is 1. The molecule has 0 aromatic heterocycles. The van der Waals surface area contributed by atoms with Gasteiger partial charge in [-0.05, 0) is 49.9 Å². The van der Waals surface area contributed by atoms with Gasteiger partial charge in [-0.3, -0.25) is 0 Å². The smallest absolute Gasteiger partial charge is 0.0992 e. The van der Waals surface area contributed by atoms with Crippen LogP contribution in [0.2, 0.25) is 0 Å². The van der Waals surface area contributed by atoms with E-state index >= 15 is 0 Å². The fourth-order valence-electron chi connectivity index (χ4n) is 1.78. The summed E-state index contributed by atoms with van der Waals surface area (Å²) in [4.78, 5) is 0. The van der Waals surface area contributed by atoms with Crippen molar-refractivity contribution in [2.24, 2.45) is 5.92 Å². The van der Waals surface area contributed by atoms with Crippen molar-refractivity contribution in [3.05, 3.63) is 34.9 Å². The van der Waals surface area contributed by atoms with Gasteiger partial charge in [-0.2, -0.15) is 0 Å². The average Bonchev–Trinajstić information content (AvgIpc) is 2.21. The molecule has 0 saturated carbocycles. The maximum Gasteiger partial charge on any atom is 0.0992 e. The molecular formula is C15H25NO. The van der Waals surface area contributed by atoms with Gasteiger partial charge >= 0.3 is 0 Å². The van der Waals surface area contributed by atoms with Crippen LogP contribution in [0.4, 0.5) is 0 Å². The van der Waals surface area contributed by atoms with Gasteiger partial charge in [0.05, 0.1) is 5.60 Å². The predicted molar refractivity (Wildman–Crippen MR) is 73.2 cm³/mol. The normalized spacial score (nSPS) is 15.0. The summed E-state index contributed by atoms with van der Waals surface area (Å²) < 4.78 is 0. The average molecular weight is 235 g/mol. The van der Waals surface area contributed by atoms with Crippen molar-refractivity contribution in [1.29, 1.82) is 0 Å². The van der Waals surface area contributed by atoms with E-state index in [1.165, 1.54) is 11.1 Å². The topological polar surface area (TPSA) is 32.3 Å². The molecule has 96 valence electrons. The largest absolute Gasteiger partial charge is 0.384 e. The van der Waals surface area contributed by atoms with Crippen molar-refractivity contribution in [2.45, 2.75) is 40.2 Å². The molecule has 0 spiro atoms. The summed E-state index contributed by atoms with van der Waals surface area (Å²) in [5.74, 6) is 0.602. The van der Waals surface area contributed by atoms with Crippen LogP contribution in [-0.4, -0.2) is 18.2 Å². The van der Waals surface area contributed by atoms with E-state index in [4.69, 9.17) is 0 Å². The van der Waals surface area contributed by atoms with Crippen LogP contribution in [0.25, 0.3) is 0 Å². The Labute approximate surface area is 105 Å². The van der Waals surface area contributed by atoms with Gasteiger partial charge in [0, 0.05) is 6.54 Å². The monoisotopic (exact) mass is 235 g/mol. The van der Waals surface area contributed by atoms with Crippen LogP contribution in [0.15, 0.2) is 18.2 Å². The lowest BCUT2D eigenvalue weighted by atomic mass is 9.93. The molecule has 0 aliphatic rings. The highest BCUT2D eigenvalue weighted by Crippen LogP contribution is 2.22. The third kappa shape index (κ3) is 4.14. The molecular weight excluding hydrogens is 210 g/mol. The fraction of sp³-hybridized carbons (Fsp3) is 0.600. The third-order valence-corrected chi connectivity index (χ3v) is 3.15. The quantitative estimate of drug-likeness (QED) is 0.822. The van der Waals surface area contributed by atoms with Crippen LogP contribution in [0.1, 0.15) is 37.5 Å². The number of rotatable bonds is 5. The Morgan fingerprint density at radius 1 is 1.24 bits per heavy atom. The third-order valence-electron chi connectivity index (χ3n) is 3.15. The van der Waals surface area contributed by atoms with Crippen LogP contribution < -0.4 is 5.32 Å². The molecule has 17 heavy (non-hydrogen) atoms. The molecule has 1 unspecified atom stereocenters. The molecule has 0 amide bonds. The van der Waals surface area contributed by atoms with E-state index in [9.17, 15) is 5.11 Å². The molecule has 0 aliphatic heterocycles. The van der Waals surface area contributed by atoms with E-state index in [1.54, 1.807) is 0 Å². The van der Waals surface area contributed by atoms with Crippen LogP contribution >= 0.6 is 0 Å². The van der Waals surface area contributed by atoms with Crippen molar-refractivity contribution in [3.8, 4) is 0 Å². The maximum absolute atomic E-state index is 10.5. The summed E-state index contributed by atoms with van der Waals surface area (Å²) in [7, 11) is 0. The van der Waals surface area contributed by atoms with Crippen molar-refractivity contribution in [1.82, 2.24) is 5.32 Å². The number of aliphatic hydroxyl groups is 1. The summed E-state index contributed by atoms with van der Waals surface area (Å²) in [6, 6.07) is 6.16. The minimum Gasteiger partial charge on any atom is -0.384 e. The number of hydrogen-bond donors (Lipinski definition) is 2. The molecule has 1 atom stereocenters. The summed E-state index contributed by atoms with van der Waals surface area (Å²) in [5.41, 5.74) is 2.68. The van der Waals surface area contributed by atoms with Crippen molar-refractivity contribution < 1.29 is 5.11 Å². The minimum atomic E-state index is -0.798. The first-order chi connectivity index (χ1) is 7.83. The zero-order valence-corrected chi connectivity index (χ0v) is 11.7. The van der Waals surface area contributed by atoms with E-state index < -0.39 is 5.60 Å². The van der Waals surface area contributed by atoms with Crippen LogP contribution in [0.5, 0.6) is 0 Å². The summed E-state index contributed by atoms with van der Waals surface area (Å²) in [6.45, 7) is 11.9. The highest BCUT2D eigenvalue weighted by atomic mass is 16.3. The van der Waals surface area contributed by atoms with Gasteiger partial charge in [0.1, 0.15) is 0 Å². The number of hydrogen-bond acceptors (Lipinski definition) is 2. The molecule has 1 aromatic carbocycles. The van der Waals surface area contributed by atoms with E-state index in [-0.39, 0.29) is 0 Å². The van der Waals surface area contributed by atoms with Gasteiger partial charge in [0.15, 0.2) is 0 Å². The molecule has 0 saturated heterocycles. The van der Waals surface area contributed by atoms with Gasteiger partial charge in [-0.1, -0.05) is 32.0 Å². The van der Waals surface area contributed by atoms with Gasteiger partial charge in [0.2, 0.25) is 0 Å². The minimum absolute atomic E-state index is 0.591. The van der Waals surface area contributed by atoms with Crippen molar-refractivity contribution >= 4 is 0 Å². The summed E-state index contributed by atoms with van der Waals surface area (Å²) in [6.07, 6.45) is 0. The molecule has 0 heterocycles. The highest BCUT2D eigenvalue weighted by Gasteiger charge is 2.22. The Bertz CT molecular complexity index is 369. The molecule has 2 nitrogen and oxygen atoms in total. The molecule has 0 aliphatic carbocycles. The van der Waals surface area contributed by atoms with E-state index in [0.717, 1.165) is 12.1 Å². The molecule has 0 fully saturated rings. The fourth-order valence-corrected chi connectivity index (χ4v) is 1.78. The molecule has 0 radical (unpaired) electrons. The van der Waals surface area contributed by atoms with Crippen molar-refractivity contribution in [2.75, 3.05) is 13.1 Å². The van der Waals surface area contributed by atoms with Crippen LogP contribution in [-0.2, 0) is 5.60 Å². The Hall–Kier alpha value is -0.860. The SMILES string of the molecule is Cc1ccc(C(C)(O)CNCC(C)C)cc1C. The lowest BCUT2D eigenvalue weighted by Gasteiger charge is -2.25. The standard InChI is InChI=1S/C15H25NO/c1-11(2)9-16-10-15(5,17)14-7-6-12(3)13(4)8-14/h6-8,11,16-17H,9-10H2,1-5H3. The van der Waals surface area contributed by atoms with Gasteiger partial charge in [-0.15, -0.1) is 0 Å². The molecule has 2 N–H and O–H groups in total. The predicted octanol–water partition coefficient (Wildman–Crippen LogP) is 2.76. The second-order valence-corrected chi connectivity index (χ2v) is 5.60. The molecule has 0 bridgehead atoms. The molecule has 2 heteroatoms. The number of benzene rings is 1. The Balaban J connectivity index is 2.71. The van der Waals surface area contributed by atoms with E-state index in [0.29, 0.717) is 12.5 Å². The van der Waals surface area contributed by atoms with Gasteiger partial charge < -0.3 is 10.4 Å². The Morgan fingerprint density at radius 2 is 1.88 bits per heavy atom. The van der Waals surface area contributed by atoms with E-state index in [1.807, 2.05) is 13.0 Å². The lowest BCUT2D eigenvalue weighted by molar-refractivity contribution is 0.0563. The molecule has 1 rings (SSSR count). The van der Waals surface area contributed by atoms with Crippen LogP contribution in [0, 0.1) is 19.8 Å². The lowest BCUT2D eigenvalue weighted by Crippen LogP contribution is -2.37. The number of aryl methyl sites for hydroxylation is 2. The van der Waals surface area contributed by atoms with Gasteiger partial charge in [-0.25, -0.2) is 0 Å². The first-order valence-electron chi connectivity index (χ1n) is 6.34. The zero-order chi connectivity index (χ0) is 13.1. The highest BCUT2D eigenvalue weighted by molar-refractivity contribution is 5.33. The van der Waals surface area contributed by atoms with Crippen molar-refractivity contribution in [3.63, 3.8) is 0 Å². The zero-order valence-electron chi connectivity index (χ0n) is 11.7. The van der Waals surface area contributed by atoms with E-state index in [2.05, 4.69) is 45.1 Å². The second kappa shape index (κ2) is 5.65. The first-order valence-corrected chi connectivity index (χ1v) is 6.34. The van der Waals surface area contributed by atoms with Crippen LogP contribution in [0.3, 0.4) is 0 Å². The summed E-state index contributed by atoms with van der Waals surface area (Å²) >= 11 is 0. The second-order valence-electron chi connectivity index (χ2n) is 5.60.